The molecule has 3 rings (SSSR count). The Bertz CT molecular complexity index is 834. The van der Waals surface area contributed by atoms with Gasteiger partial charge in [-0.2, -0.15) is 0 Å². The summed E-state index contributed by atoms with van der Waals surface area (Å²) in [4.78, 5) is 28.6. The van der Waals surface area contributed by atoms with Gasteiger partial charge in [-0.3, -0.25) is 14.6 Å². The van der Waals surface area contributed by atoms with Crippen LogP contribution in [0.25, 0.3) is 0 Å². The van der Waals surface area contributed by atoms with Gasteiger partial charge in [-0.1, -0.05) is 41.9 Å². The van der Waals surface area contributed by atoms with Crippen molar-refractivity contribution in [3.8, 4) is 0 Å². The number of nitrogens with zero attached hydrogens (tertiary/aromatic N) is 1. The highest BCUT2D eigenvalue weighted by Gasteiger charge is 2.26. The van der Waals surface area contributed by atoms with Gasteiger partial charge in [0.1, 0.15) is 6.04 Å². The number of esters is 1. The van der Waals surface area contributed by atoms with E-state index in [1.54, 1.807) is 18.2 Å². The molecule has 0 aliphatic carbocycles. The predicted octanol–water partition coefficient (Wildman–Crippen LogP) is 3.45. The lowest BCUT2D eigenvalue weighted by Gasteiger charge is -2.10. The minimum absolute atomic E-state index is 0.122. The number of benzene rings is 2. The first-order valence-corrected chi connectivity index (χ1v) is 8.27. The first-order chi connectivity index (χ1) is 12.1. The van der Waals surface area contributed by atoms with E-state index in [-0.39, 0.29) is 24.7 Å². The maximum atomic E-state index is 12.5. The molecule has 5 nitrogen and oxygen atoms in total. The number of rotatable bonds is 4. The normalized spacial score (nSPS) is 16.3. The van der Waals surface area contributed by atoms with Gasteiger partial charge < -0.3 is 10.1 Å². The van der Waals surface area contributed by atoms with Crippen LogP contribution in [0.1, 0.15) is 24.0 Å². The van der Waals surface area contributed by atoms with Crippen molar-refractivity contribution in [2.75, 3.05) is 12.4 Å². The number of benzodiazepines with no additional fused rings is 1. The molecule has 0 saturated carbocycles. The van der Waals surface area contributed by atoms with Gasteiger partial charge in [0.15, 0.2) is 0 Å². The molecule has 0 aromatic heterocycles. The zero-order chi connectivity index (χ0) is 17.8. The summed E-state index contributed by atoms with van der Waals surface area (Å²) >= 11 is 6.15. The molecule has 6 heteroatoms. The molecule has 1 atom stereocenters. The van der Waals surface area contributed by atoms with Crippen LogP contribution in [0, 0.1) is 0 Å². The van der Waals surface area contributed by atoms with Crippen LogP contribution in [0.15, 0.2) is 53.5 Å². The molecule has 0 unspecified atom stereocenters. The highest BCUT2D eigenvalue weighted by molar-refractivity contribution is 6.32. The monoisotopic (exact) mass is 356 g/mol. The Balaban J connectivity index is 2.05. The van der Waals surface area contributed by atoms with Gasteiger partial charge in [-0.05, 0) is 24.6 Å². The van der Waals surface area contributed by atoms with Gasteiger partial charge in [-0.25, -0.2) is 0 Å². The van der Waals surface area contributed by atoms with Crippen LogP contribution in [0.3, 0.4) is 0 Å². The fraction of sp³-hybridized carbons (Fsp3) is 0.211. The Kier molecular flexibility index (Phi) is 5.14. The maximum Gasteiger partial charge on any atom is 0.305 e. The van der Waals surface area contributed by atoms with Gasteiger partial charge >= 0.3 is 5.97 Å². The fourth-order valence-electron chi connectivity index (χ4n) is 2.70. The molecule has 1 heterocycles. The summed E-state index contributed by atoms with van der Waals surface area (Å²) < 4.78 is 4.66. The fourth-order valence-corrected chi connectivity index (χ4v) is 2.87. The van der Waals surface area contributed by atoms with Crippen molar-refractivity contribution >= 4 is 34.9 Å². The largest absolute Gasteiger partial charge is 0.469 e. The molecule has 128 valence electrons. The number of fused-ring (bicyclic) bond motifs is 1. The Morgan fingerprint density at radius 1 is 1.24 bits per heavy atom. The maximum absolute atomic E-state index is 12.5. The van der Waals surface area contributed by atoms with Crippen molar-refractivity contribution in [2.24, 2.45) is 4.99 Å². The van der Waals surface area contributed by atoms with Gasteiger partial charge in [0, 0.05) is 22.6 Å². The molecule has 25 heavy (non-hydrogen) atoms. The number of aliphatic imine (C=N–C) groups is 1. The van der Waals surface area contributed by atoms with Crippen LogP contribution < -0.4 is 5.32 Å². The number of carbonyl (C=O) groups excluding carboxylic acids is 2. The summed E-state index contributed by atoms with van der Waals surface area (Å²) in [7, 11) is 1.33. The van der Waals surface area contributed by atoms with Gasteiger partial charge in [-0.15, -0.1) is 0 Å². The molecule has 0 saturated heterocycles. The van der Waals surface area contributed by atoms with Crippen molar-refractivity contribution in [2.45, 2.75) is 18.9 Å². The van der Waals surface area contributed by atoms with Crippen LogP contribution in [0.4, 0.5) is 5.69 Å². The molecule has 1 aliphatic heterocycles. The van der Waals surface area contributed by atoms with E-state index in [9.17, 15) is 9.59 Å². The summed E-state index contributed by atoms with van der Waals surface area (Å²) in [6.07, 6.45) is 0.397. The SMILES string of the molecule is COC(=O)CC[C@@H]1N=C(c2ccccc2)c2cc(Cl)ccc2NC1=O. The third-order valence-electron chi connectivity index (χ3n) is 3.98. The zero-order valence-corrected chi connectivity index (χ0v) is 14.4. The third kappa shape index (κ3) is 3.88. The second-order valence-corrected chi connectivity index (χ2v) is 6.09. The van der Waals surface area contributed by atoms with E-state index in [2.05, 4.69) is 15.0 Å². The highest BCUT2D eigenvalue weighted by atomic mass is 35.5. The van der Waals surface area contributed by atoms with E-state index in [1.807, 2.05) is 30.3 Å². The second-order valence-electron chi connectivity index (χ2n) is 5.65. The van der Waals surface area contributed by atoms with Crippen molar-refractivity contribution in [3.05, 3.63) is 64.7 Å². The van der Waals surface area contributed by atoms with Gasteiger partial charge in [0.25, 0.3) is 0 Å². The van der Waals surface area contributed by atoms with E-state index in [1.165, 1.54) is 7.11 Å². The van der Waals surface area contributed by atoms with Gasteiger partial charge in [0.05, 0.1) is 18.5 Å². The minimum atomic E-state index is -0.680. The minimum Gasteiger partial charge on any atom is -0.469 e. The van der Waals surface area contributed by atoms with E-state index in [0.717, 1.165) is 11.1 Å². The molecule has 0 radical (unpaired) electrons. The summed E-state index contributed by atoms with van der Waals surface area (Å²) in [5.74, 6) is -0.618. The van der Waals surface area contributed by atoms with Crippen LogP contribution in [0.5, 0.6) is 0 Å². The summed E-state index contributed by atoms with van der Waals surface area (Å²) in [6, 6.07) is 14.2. The lowest BCUT2D eigenvalue weighted by molar-refractivity contribution is -0.140. The summed E-state index contributed by atoms with van der Waals surface area (Å²) in [5.41, 5.74) is 2.96. The molecule has 1 aliphatic rings. The lowest BCUT2D eigenvalue weighted by atomic mass is 10.0. The van der Waals surface area contributed by atoms with E-state index < -0.39 is 6.04 Å². The molecule has 0 bridgehead atoms. The number of methoxy groups -OCH3 is 1. The molecule has 1 N–H and O–H groups in total. The van der Waals surface area contributed by atoms with Crippen molar-refractivity contribution in [1.82, 2.24) is 0 Å². The molecule has 1 amide bonds. The van der Waals surface area contributed by atoms with Crippen molar-refractivity contribution in [1.29, 1.82) is 0 Å². The average molecular weight is 357 g/mol. The quantitative estimate of drug-likeness (QED) is 0.853. The first-order valence-electron chi connectivity index (χ1n) is 7.89. The lowest BCUT2D eigenvalue weighted by Crippen LogP contribution is -2.26. The number of ether oxygens (including phenoxy) is 1. The summed E-state index contributed by atoms with van der Waals surface area (Å²) in [6.45, 7) is 0. The molecule has 2 aromatic rings. The number of amides is 1. The number of halogens is 1. The molecule has 2 aromatic carbocycles. The Morgan fingerprint density at radius 3 is 2.72 bits per heavy atom. The van der Waals surface area contributed by atoms with Crippen LogP contribution in [-0.2, 0) is 14.3 Å². The predicted molar refractivity (Wildman–Crippen MR) is 97.2 cm³/mol. The average Bonchev–Trinajstić information content (AvgIpc) is 2.76. The van der Waals surface area contributed by atoms with E-state index in [0.29, 0.717) is 16.4 Å². The highest BCUT2D eigenvalue weighted by Crippen LogP contribution is 2.28. The smallest absolute Gasteiger partial charge is 0.305 e. The number of hydrogen-bond donors (Lipinski definition) is 1. The Hall–Kier alpha value is -2.66. The molecule has 0 spiro atoms. The number of anilines is 1. The van der Waals surface area contributed by atoms with Crippen LogP contribution in [0.2, 0.25) is 5.02 Å². The summed E-state index contributed by atoms with van der Waals surface area (Å²) in [5, 5.41) is 3.44. The van der Waals surface area contributed by atoms with Crippen LogP contribution in [-0.4, -0.2) is 30.7 Å². The molecular weight excluding hydrogens is 340 g/mol. The number of carbonyl (C=O) groups is 2. The van der Waals surface area contributed by atoms with Crippen molar-refractivity contribution < 1.29 is 14.3 Å². The Labute approximate surface area is 150 Å². The van der Waals surface area contributed by atoms with E-state index in [4.69, 9.17) is 11.6 Å². The zero-order valence-electron chi connectivity index (χ0n) is 13.7. The molecule has 0 fully saturated rings. The number of nitrogens with one attached hydrogen (secondary N) is 1. The Morgan fingerprint density at radius 2 is 2.00 bits per heavy atom. The second kappa shape index (κ2) is 7.49. The topological polar surface area (TPSA) is 67.8 Å². The standard InChI is InChI=1S/C19H17ClN2O3/c1-25-17(23)10-9-16-19(24)22-15-8-7-13(20)11-14(15)18(21-16)12-5-3-2-4-6-12/h2-8,11,16H,9-10H2,1H3,(H,22,24)/t16-/m0/s1. The third-order valence-corrected chi connectivity index (χ3v) is 4.21. The first kappa shape index (κ1) is 17.2. The van der Waals surface area contributed by atoms with Gasteiger partial charge in [0.2, 0.25) is 5.91 Å². The van der Waals surface area contributed by atoms with Crippen molar-refractivity contribution in [3.63, 3.8) is 0 Å². The molecular formula is C19H17ClN2O3. The number of hydrogen-bond acceptors (Lipinski definition) is 4. The van der Waals surface area contributed by atoms with Crippen LogP contribution >= 0.6 is 11.6 Å². The van der Waals surface area contributed by atoms with E-state index >= 15 is 0 Å².